The van der Waals surface area contributed by atoms with Crippen LogP contribution >= 0.6 is 11.6 Å². The van der Waals surface area contributed by atoms with Gasteiger partial charge in [0.2, 0.25) is 5.91 Å². The van der Waals surface area contributed by atoms with Crippen LogP contribution in [0.15, 0.2) is 72.8 Å². The number of hydrogen-bond donors (Lipinski definition) is 1. The first-order valence-corrected chi connectivity index (χ1v) is 12.9. The Bertz CT molecular complexity index is 1240. The summed E-state index contributed by atoms with van der Waals surface area (Å²) in [4.78, 5) is 32.7. The van der Waals surface area contributed by atoms with Crippen molar-refractivity contribution < 1.29 is 9.59 Å². The molecule has 2 aliphatic rings. The van der Waals surface area contributed by atoms with Crippen LogP contribution in [0.1, 0.15) is 42.2 Å². The summed E-state index contributed by atoms with van der Waals surface area (Å²) in [6.45, 7) is 7.50. The average Bonchev–Trinajstić information content (AvgIpc) is 2.90. The Morgan fingerprint density at radius 1 is 0.944 bits per heavy atom. The first kappa shape index (κ1) is 24.3. The van der Waals surface area contributed by atoms with E-state index in [4.69, 9.17) is 11.6 Å². The summed E-state index contributed by atoms with van der Waals surface area (Å²) < 4.78 is 0. The lowest BCUT2D eigenvalue weighted by molar-refractivity contribution is -0.117. The lowest BCUT2D eigenvalue weighted by Gasteiger charge is -2.43. The maximum Gasteiger partial charge on any atom is 0.258 e. The lowest BCUT2D eigenvalue weighted by atomic mass is 9.89. The second-order valence-corrected chi connectivity index (χ2v) is 9.92. The summed E-state index contributed by atoms with van der Waals surface area (Å²) in [5.74, 6) is -0.0752. The van der Waals surface area contributed by atoms with E-state index in [0.29, 0.717) is 17.0 Å². The Hall–Kier alpha value is -3.35. The molecule has 2 atom stereocenters. The third-order valence-electron chi connectivity index (χ3n) is 7.13. The van der Waals surface area contributed by atoms with Crippen LogP contribution in [-0.2, 0) is 4.79 Å². The number of anilines is 3. The molecule has 6 nitrogen and oxygen atoms in total. The topological polar surface area (TPSA) is 55.9 Å². The Kier molecular flexibility index (Phi) is 6.99. The van der Waals surface area contributed by atoms with Gasteiger partial charge in [0.15, 0.2) is 0 Å². The van der Waals surface area contributed by atoms with Gasteiger partial charge in [-0.15, -0.1) is 0 Å². The number of benzene rings is 3. The van der Waals surface area contributed by atoms with Crippen molar-refractivity contribution in [1.29, 1.82) is 0 Å². The highest BCUT2D eigenvalue weighted by Gasteiger charge is 2.38. The van der Waals surface area contributed by atoms with Crippen LogP contribution in [-0.4, -0.2) is 44.0 Å². The highest BCUT2D eigenvalue weighted by molar-refractivity contribution is 6.30. The summed E-state index contributed by atoms with van der Waals surface area (Å²) in [6, 6.07) is 22.9. The van der Waals surface area contributed by atoms with Crippen molar-refractivity contribution in [3.8, 4) is 0 Å². The maximum atomic E-state index is 13.8. The lowest BCUT2D eigenvalue weighted by Crippen LogP contribution is -2.47. The quantitative estimate of drug-likeness (QED) is 0.527. The van der Waals surface area contributed by atoms with Gasteiger partial charge in [-0.05, 0) is 73.5 Å². The highest BCUT2D eigenvalue weighted by atomic mass is 35.5. The molecule has 36 heavy (non-hydrogen) atoms. The number of carbonyl (C=O) groups is 2. The zero-order chi connectivity index (χ0) is 25.2. The van der Waals surface area contributed by atoms with Crippen LogP contribution in [0.3, 0.4) is 0 Å². The van der Waals surface area contributed by atoms with Crippen molar-refractivity contribution in [3.05, 3.63) is 88.9 Å². The Morgan fingerprint density at radius 2 is 1.61 bits per heavy atom. The predicted octanol–water partition coefficient (Wildman–Crippen LogP) is 5.28. The molecule has 0 saturated carbocycles. The van der Waals surface area contributed by atoms with Gasteiger partial charge in [-0.2, -0.15) is 0 Å². The van der Waals surface area contributed by atoms with Gasteiger partial charge < -0.3 is 20.0 Å². The molecule has 186 valence electrons. The van der Waals surface area contributed by atoms with Crippen molar-refractivity contribution in [1.82, 2.24) is 5.32 Å². The molecule has 7 heteroatoms. The third kappa shape index (κ3) is 4.71. The fourth-order valence-electron chi connectivity index (χ4n) is 5.40. The van der Waals surface area contributed by atoms with Crippen LogP contribution in [0.4, 0.5) is 17.1 Å². The van der Waals surface area contributed by atoms with Gasteiger partial charge in [-0.1, -0.05) is 29.8 Å². The van der Waals surface area contributed by atoms with Crippen molar-refractivity contribution in [2.24, 2.45) is 0 Å². The number of carbonyl (C=O) groups excluding carboxylic acids is 2. The highest BCUT2D eigenvalue weighted by Crippen LogP contribution is 2.43. The van der Waals surface area contributed by atoms with Crippen LogP contribution in [0.5, 0.6) is 0 Å². The second-order valence-electron chi connectivity index (χ2n) is 9.48. The molecule has 2 amide bonds. The minimum absolute atomic E-state index is 0.0267. The molecule has 0 aromatic heterocycles. The summed E-state index contributed by atoms with van der Waals surface area (Å²) in [7, 11) is 0. The van der Waals surface area contributed by atoms with Crippen LogP contribution in [0, 0.1) is 0 Å². The fourth-order valence-corrected chi connectivity index (χ4v) is 5.52. The molecule has 1 N–H and O–H groups in total. The standard InChI is InChI=1S/C29H31ClN4O2/c1-20-19-28(34(21(2)35)25-13-9-23(30)10-14-25)26-5-3-4-6-27(26)33(20)29(36)22-7-11-24(12-8-22)32-17-15-31-16-18-32/h3-14,20,28,31H,15-19H2,1-2H3/t20-,28+/m0/s1. The van der Waals surface area contributed by atoms with Crippen molar-refractivity contribution in [2.75, 3.05) is 40.9 Å². The normalized spacial score (nSPS) is 19.5. The number of hydrogen-bond acceptors (Lipinski definition) is 4. The minimum atomic E-state index is -0.186. The minimum Gasteiger partial charge on any atom is -0.369 e. The Balaban J connectivity index is 1.46. The number of amides is 2. The number of para-hydroxylation sites is 1. The average molecular weight is 503 g/mol. The van der Waals surface area contributed by atoms with Gasteiger partial charge in [0.25, 0.3) is 5.91 Å². The summed E-state index contributed by atoms with van der Waals surface area (Å²) >= 11 is 6.10. The molecular weight excluding hydrogens is 472 g/mol. The smallest absolute Gasteiger partial charge is 0.258 e. The number of piperazine rings is 1. The molecule has 1 fully saturated rings. The summed E-state index contributed by atoms with van der Waals surface area (Å²) in [5, 5.41) is 3.99. The SMILES string of the molecule is CC(=O)N(c1ccc(Cl)cc1)[C@@H]1C[C@H](C)N(C(=O)c2ccc(N3CCNCC3)cc2)c2ccccc21. The molecule has 0 unspecified atom stereocenters. The number of rotatable bonds is 4. The van der Waals surface area contributed by atoms with E-state index in [1.807, 2.05) is 70.5 Å². The van der Waals surface area contributed by atoms with Crippen molar-refractivity contribution in [3.63, 3.8) is 0 Å². The van der Waals surface area contributed by atoms with E-state index in [9.17, 15) is 9.59 Å². The molecule has 5 rings (SSSR count). The van der Waals surface area contributed by atoms with Gasteiger partial charge in [-0.3, -0.25) is 9.59 Å². The molecule has 0 spiro atoms. The van der Waals surface area contributed by atoms with Gasteiger partial charge in [0.05, 0.1) is 6.04 Å². The predicted molar refractivity (Wildman–Crippen MR) is 146 cm³/mol. The van der Waals surface area contributed by atoms with Crippen molar-refractivity contribution >= 4 is 40.5 Å². The number of nitrogens with one attached hydrogen (secondary N) is 1. The summed E-state index contributed by atoms with van der Waals surface area (Å²) in [5.41, 5.74) is 4.40. The molecule has 1 saturated heterocycles. The van der Waals surface area contributed by atoms with E-state index in [1.54, 1.807) is 19.1 Å². The third-order valence-corrected chi connectivity index (χ3v) is 7.38. The van der Waals surface area contributed by atoms with E-state index in [1.165, 1.54) is 0 Å². The second kappa shape index (κ2) is 10.3. The van der Waals surface area contributed by atoms with Crippen molar-refractivity contribution in [2.45, 2.75) is 32.4 Å². The largest absolute Gasteiger partial charge is 0.369 e. The van der Waals surface area contributed by atoms with Crippen LogP contribution in [0.2, 0.25) is 5.02 Å². The molecule has 0 aliphatic carbocycles. The van der Waals surface area contributed by atoms with Gasteiger partial charge in [0.1, 0.15) is 0 Å². The Morgan fingerprint density at radius 3 is 2.28 bits per heavy atom. The molecule has 2 heterocycles. The molecular formula is C29H31ClN4O2. The molecule has 3 aromatic rings. The fraction of sp³-hybridized carbons (Fsp3) is 0.310. The molecule has 2 aliphatic heterocycles. The first-order valence-electron chi connectivity index (χ1n) is 12.5. The molecule has 3 aromatic carbocycles. The number of halogens is 1. The van der Waals surface area contributed by atoms with Gasteiger partial charge in [0, 0.05) is 66.8 Å². The molecule has 0 radical (unpaired) electrons. The number of fused-ring (bicyclic) bond motifs is 1. The van der Waals surface area contributed by atoms with Crippen LogP contribution < -0.4 is 20.0 Å². The van der Waals surface area contributed by atoms with Gasteiger partial charge in [-0.25, -0.2) is 0 Å². The van der Waals surface area contributed by atoms with Gasteiger partial charge >= 0.3 is 0 Å². The summed E-state index contributed by atoms with van der Waals surface area (Å²) in [6.07, 6.45) is 0.629. The Labute approximate surface area is 217 Å². The van der Waals surface area contributed by atoms with E-state index in [0.717, 1.165) is 48.8 Å². The van der Waals surface area contributed by atoms with E-state index in [2.05, 4.69) is 17.1 Å². The van der Waals surface area contributed by atoms with Crippen LogP contribution in [0.25, 0.3) is 0 Å². The van der Waals surface area contributed by atoms with E-state index in [-0.39, 0.29) is 23.9 Å². The zero-order valence-corrected chi connectivity index (χ0v) is 21.4. The number of nitrogens with zero attached hydrogens (tertiary/aromatic N) is 3. The maximum absolute atomic E-state index is 13.8. The van der Waals surface area contributed by atoms with E-state index >= 15 is 0 Å². The monoisotopic (exact) mass is 502 g/mol. The molecule has 0 bridgehead atoms. The van der Waals surface area contributed by atoms with E-state index < -0.39 is 0 Å². The first-order chi connectivity index (χ1) is 17.4. The zero-order valence-electron chi connectivity index (χ0n) is 20.7.